The van der Waals surface area contributed by atoms with E-state index in [0.29, 0.717) is 18.8 Å². The lowest BCUT2D eigenvalue weighted by atomic mass is 9.95. The van der Waals surface area contributed by atoms with Crippen LogP contribution in [0.3, 0.4) is 0 Å². The van der Waals surface area contributed by atoms with Gasteiger partial charge >= 0.3 is 12.1 Å². The van der Waals surface area contributed by atoms with Crippen LogP contribution in [0.15, 0.2) is 12.1 Å². The lowest BCUT2D eigenvalue weighted by molar-refractivity contribution is -0.141. The van der Waals surface area contributed by atoms with E-state index in [4.69, 9.17) is 9.84 Å². The SMILES string of the molecule is COc1cc(N2CC(CC(=O)O)C2)cc(C(F)(F)F)n1. The van der Waals surface area contributed by atoms with Crippen molar-refractivity contribution >= 4 is 11.7 Å². The Morgan fingerprint density at radius 2 is 2.15 bits per heavy atom. The van der Waals surface area contributed by atoms with Crippen molar-refractivity contribution in [2.75, 3.05) is 25.1 Å². The molecule has 0 radical (unpaired) electrons. The summed E-state index contributed by atoms with van der Waals surface area (Å²) in [4.78, 5) is 15.6. The van der Waals surface area contributed by atoms with Crippen LogP contribution >= 0.6 is 0 Å². The third-order valence-corrected chi connectivity index (χ3v) is 3.07. The molecule has 0 aliphatic carbocycles. The fraction of sp³-hybridized carbons (Fsp3) is 0.500. The molecule has 1 aliphatic rings. The summed E-state index contributed by atoms with van der Waals surface area (Å²) in [6.07, 6.45) is -4.53. The number of nitrogens with zero attached hydrogens (tertiary/aromatic N) is 2. The topological polar surface area (TPSA) is 62.7 Å². The summed E-state index contributed by atoms with van der Waals surface area (Å²) in [5.41, 5.74) is -0.681. The van der Waals surface area contributed by atoms with Crippen LogP contribution in [0.5, 0.6) is 5.88 Å². The summed E-state index contributed by atoms with van der Waals surface area (Å²) in [5, 5.41) is 8.64. The van der Waals surface area contributed by atoms with Gasteiger partial charge in [-0.25, -0.2) is 4.98 Å². The van der Waals surface area contributed by atoms with Crippen molar-refractivity contribution in [1.29, 1.82) is 0 Å². The molecule has 8 heteroatoms. The number of pyridine rings is 1. The van der Waals surface area contributed by atoms with E-state index in [1.165, 1.54) is 13.2 Å². The molecule has 2 rings (SSSR count). The zero-order valence-corrected chi connectivity index (χ0v) is 10.6. The monoisotopic (exact) mass is 290 g/mol. The van der Waals surface area contributed by atoms with Crippen molar-refractivity contribution in [3.05, 3.63) is 17.8 Å². The summed E-state index contributed by atoms with van der Waals surface area (Å²) in [6.45, 7) is 0.827. The highest BCUT2D eigenvalue weighted by molar-refractivity contribution is 5.68. The molecule has 1 aromatic rings. The first-order valence-corrected chi connectivity index (χ1v) is 5.89. The Morgan fingerprint density at radius 3 is 2.65 bits per heavy atom. The molecule has 1 aromatic heterocycles. The number of aromatic nitrogens is 1. The summed E-state index contributed by atoms with van der Waals surface area (Å²) >= 11 is 0. The van der Waals surface area contributed by atoms with Gasteiger partial charge in [-0.05, 0) is 6.07 Å². The highest BCUT2D eigenvalue weighted by Gasteiger charge is 2.35. The fourth-order valence-electron chi connectivity index (χ4n) is 2.08. The summed E-state index contributed by atoms with van der Waals surface area (Å²) in [7, 11) is 1.25. The van der Waals surface area contributed by atoms with E-state index < -0.39 is 17.8 Å². The molecule has 1 saturated heterocycles. The van der Waals surface area contributed by atoms with Crippen LogP contribution in [0.4, 0.5) is 18.9 Å². The smallest absolute Gasteiger partial charge is 0.433 e. The number of carboxylic acids is 1. The maximum Gasteiger partial charge on any atom is 0.433 e. The van der Waals surface area contributed by atoms with E-state index in [-0.39, 0.29) is 18.2 Å². The molecule has 20 heavy (non-hydrogen) atoms. The van der Waals surface area contributed by atoms with E-state index in [1.807, 2.05) is 0 Å². The number of rotatable bonds is 4. The Bertz CT molecular complexity index is 513. The van der Waals surface area contributed by atoms with E-state index in [2.05, 4.69) is 4.98 Å². The fourth-order valence-corrected chi connectivity index (χ4v) is 2.08. The molecule has 0 amide bonds. The van der Waals surface area contributed by atoms with Gasteiger partial charge in [0.05, 0.1) is 13.5 Å². The molecule has 0 spiro atoms. The van der Waals surface area contributed by atoms with Crippen LogP contribution in [-0.4, -0.2) is 36.3 Å². The lowest BCUT2D eigenvalue weighted by Crippen LogP contribution is -2.47. The number of halogens is 3. The summed E-state index contributed by atoms with van der Waals surface area (Å²) in [6, 6.07) is 2.35. The number of hydrogen-bond acceptors (Lipinski definition) is 4. The van der Waals surface area contributed by atoms with Crippen LogP contribution in [0.2, 0.25) is 0 Å². The second-order valence-electron chi connectivity index (χ2n) is 4.62. The van der Waals surface area contributed by atoms with Gasteiger partial charge in [-0.15, -0.1) is 0 Å². The van der Waals surface area contributed by atoms with E-state index >= 15 is 0 Å². The van der Waals surface area contributed by atoms with E-state index in [1.54, 1.807) is 4.90 Å². The number of hydrogen-bond donors (Lipinski definition) is 1. The number of methoxy groups -OCH3 is 1. The average molecular weight is 290 g/mol. The molecule has 0 aromatic carbocycles. The third kappa shape index (κ3) is 3.12. The molecule has 0 atom stereocenters. The van der Waals surface area contributed by atoms with Gasteiger partial charge in [0.1, 0.15) is 0 Å². The van der Waals surface area contributed by atoms with Gasteiger partial charge in [0, 0.05) is 30.8 Å². The predicted octanol–water partition coefficient (Wildman–Crippen LogP) is 2.02. The lowest BCUT2D eigenvalue weighted by Gasteiger charge is -2.40. The maximum atomic E-state index is 12.7. The van der Waals surface area contributed by atoms with E-state index in [9.17, 15) is 18.0 Å². The van der Waals surface area contributed by atoms with Crippen molar-refractivity contribution in [2.24, 2.45) is 5.92 Å². The van der Waals surface area contributed by atoms with Crippen LogP contribution < -0.4 is 9.64 Å². The van der Waals surface area contributed by atoms with Gasteiger partial charge in [0.2, 0.25) is 5.88 Å². The van der Waals surface area contributed by atoms with Crippen LogP contribution in [0.25, 0.3) is 0 Å². The molecule has 1 fully saturated rings. The van der Waals surface area contributed by atoms with Gasteiger partial charge in [-0.2, -0.15) is 13.2 Å². The molecule has 0 unspecified atom stereocenters. The Morgan fingerprint density at radius 1 is 1.50 bits per heavy atom. The Labute approximate surface area is 113 Å². The van der Waals surface area contributed by atoms with Gasteiger partial charge in [-0.1, -0.05) is 0 Å². The zero-order valence-electron chi connectivity index (χ0n) is 10.6. The van der Waals surface area contributed by atoms with Crippen LogP contribution in [0, 0.1) is 5.92 Å². The van der Waals surface area contributed by atoms with Gasteiger partial charge in [0.25, 0.3) is 0 Å². The molecule has 1 N–H and O–H groups in total. The first-order chi connectivity index (χ1) is 9.29. The van der Waals surface area contributed by atoms with Crippen molar-refractivity contribution in [3.8, 4) is 5.88 Å². The Balaban J connectivity index is 2.15. The largest absolute Gasteiger partial charge is 0.481 e. The number of aliphatic carboxylic acids is 1. The van der Waals surface area contributed by atoms with Crippen LogP contribution in [-0.2, 0) is 11.0 Å². The van der Waals surface area contributed by atoms with Gasteiger partial charge in [-0.3, -0.25) is 4.79 Å². The molecule has 0 bridgehead atoms. The second kappa shape index (κ2) is 5.18. The minimum atomic E-state index is -4.55. The van der Waals surface area contributed by atoms with Gasteiger partial charge < -0.3 is 14.7 Å². The quantitative estimate of drug-likeness (QED) is 0.919. The maximum absolute atomic E-state index is 12.7. The highest BCUT2D eigenvalue weighted by atomic mass is 19.4. The highest BCUT2D eigenvalue weighted by Crippen LogP contribution is 2.35. The molecule has 1 aliphatic heterocycles. The molecular weight excluding hydrogens is 277 g/mol. The first-order valence-electron chi connectivity index (χ1n) is 5.89. The van der Waals surface area contributed by atoms with Crippen molar-refractivity contribution < 1.29 is 27.8 Å². The number of alkyl halides is 3. The van der Waals surface area contributed by atoms with Gasteiger partial charge in [0.15, 0.2) is 5.69 Å². The third-order valence-electron chi connectivity index (χ3n) is 3.07. The molecule has 2 heterocycles. The Hall–Kier alpha value is -1.99. The molecule has 110 valence electrons. The molecular formula is C12H13F3N2O3. The number of anilines is 1. The number of carboxylic acid groups (broad SMARTS) is 1. The summed E-state index contributed by atoms with van der Waals surface area (Å²) in [5.74, 6) is -1.06. The minimum absolute atomic E-state index is 0.0187. The average Bonchev–Trinajstić information content (AvgIpc) is 2.31. The number of carbonyl (C=O) groups is 1. The van der Waals surface area contributed by atoms with Crippen molar-refractivity contribution in [1.82, 2.24) is 4.98 Å². The van der Waals surface area contributed by atoms with Crippen molar-refractivity contribution in [2.45, 2.75) is 12.6 Å². The molecule has 0 saturated carbocycles. The number of ether oxygens (including phenoxy) is 1. The molecule has 5 nitrogen and oxygen atoms in total. The zero-order chi connectivity index (χ0) is 14.9. The van der Waals surface area contributed by atoms with Crippen molar-refractivity contribution in [3.63, 3.8) is 0 Å². The predicted molar refractivity (Wildman–Crippen MR) is 63.7 cm³/mol. The standard InChI is InChI=1S/C12H13F3N2O3/c1-20-10-4-8(3-9(16-10)12(13,14)15)17-5-7(6-17)2-11(18)19/h3-4,7H,2,5-6H2,1H3,(H,18,19). The van der Waals surface area contributed by atoms with Crippen LogP contribution in [0.1, 0.15) is 12.1 Å². The summed E-state index contributed by atoms with van der Waals surface area (Å²) < 4.78 is 42.9. The minimum Gasteiger partial charge on any atom is -0.481 e. The Kier molecular flexibility index (Phi) is 3.74. The normalized spacial score (nSPS) is 15.9. The second-order valence-corrected chi connectivity index (χ2v) is 4.62. The van der Waals surface area contributed by atoms with E-state index in [0.717, 1.165) is 6.07 Å². The first kappa shape index (κ1) is 14.4.